The number of hydrogen-bond donors (Lipinski definition) is 7. The van der Waals surface area contributed by atoms with Gasteiger partial charge in [0.25, 0.3) is 5.91 Å². The Kier molecular flexibility index (Phi) is 15.7. The van der Waals surface area contributed by atoms with Gasteiger partial charge in [-0.25, -0.2) is 4.79 Å². The summed E-state index contributed by atoms with van der Waals surface area (Å²) in [6.07, 6.45) is -4.26. The van der Waals surface area contributed by atoms with Crippen LogP contribution in [0.3, 0.4) is 0 Å². The van der Waals surface area contributed by atoms with Crippen LogP contribution in [-0.2, 0) is 44.6 Å². The fraction of sp³-hybridized carbons (Fsp3) is 0.512. The molecule has 2 fully saturated rings. The van der Waals surface area contributed by atoms with E-state index >= 15 is 0 Å². The molecule has 2 aromatic carbocycles. The minimum absolute atomic E-state index is 0.0173. The van der Waals surface area contributed by atoms with Crippen LogP contribution >= 0.6 is 0 Å². The maximum atomic E-state index is 13.6. The monoisotopic (exact) mass is 812 g/mol. The van der Waals surface area contributed by atoms with Crippen LogP contribution in [0.15, 0.2) is 66.3 Å². The van der Waals surface area contributed by atoms with Crippen LogP contribution in [0.2, 0.25) is 0 Å². The number of hydrogen-bond acceptors (Lipinski definition) is 15. The molecule has 2 saturated heterocycles. The van der Waals surface area contributed by atoms with E-state index in [-0.39, 0.29) is 51.4 Å². The first kappa shape index (κ1) is 44.5. The molecule has 3 aliphatic rings. The number of carbonyl (C=O) groups is 4. The van der Waals surface area contributed by atoms with Gasteiger partial charge < -0.3 is 64.6 Å². The van der Waals surface area contributed by atoms with Gasteiger partial charge in [-0.15, -0.1) is 0 Å². The second-order valence-electron chi connectivity index (χ2n) is 15.1. The maximum Gasteiger partial charge on any atom is 0.339 e. The molecule has 7 N–H and O–H groups in total. The van der Waals surface area contributed by atoms with Gasteiger partial charge in [-0.1, -0.05) is 42.5 Å². The maximum absolute atomic E-state index is 13.6. The molecule has 17 heteroatoms. The number of aliphatic hydroxyl groups excluding tert-OH is 5. The van der Waals surface area contributed by atoms with Crippen molar-refractivity contribution in [3.05, 3.63) is 88.5 Å². The van der Waals surface area contributed by atoms with Crippen LogP contribution in [0, 0.1) is 0 Å². The first-order valence-corrected chi connectivity index (χ1v) is 19.0. The Hall–Kier alpha value is -4.56. The smallest absolute Gasteiger partial charge is 0.339 e. The molecule has 316 valence electrons. The van der Waals surface area contributed by atoms with Crippen LogP contribution in [0.25, 0.3) is 6.08 Å². The Morgan fingerprint density at radius 2 is 1.74 bits per heavy atom. The average Bonchev–Trinajstić information content (AvgIpc) is 3.69. The second kappa shape index (κ2) is 20.4. The van der Waals surface area contributed by atoms with Crippen LogP contribution in [-0.4, -0.2) is 137 Å². The third-order valence-corrected chi connectivity index (χ3v) is 9.55. The lowest BCUT2D eigenvalue weighted by atomic mass is 9.91. The fourth-order valence-corrected chi connectivity index (χ4v) is 6.56. The summed E-state index contributed by atoms with van der Waals surface area (Å²) in [5, 5.41) is 55.0. The average molecular weight is 813 g/mol. The van der Waals surface area contributed by atoms with Gasteiger partial charge in [0.15, 0.2) is 6.29 Å². The predicted molar refractivity (Wildman–Crippen MR) is 203 cm³/mol. The highest BCUT2D eigenvalue weighted by atomic mass is 16.7. The van der Waals surface area contributed by atoms with E-state index in [0.717, 1.165) is 0 Å². The first-order valence-electron chi connectivity index (χ1n) is 19.0. The van der Waals surface area contributed by atoms with Crippen LogP contribution < -0.4 is 10.6 Å². The number of amides is 2. The number of fused-ring (bicyclic) bond motifs is 1. The molecule has 2 heterocycles. The van der Waals surface area contributed by atoms with Gasteiger partial charge in [-0.2, -0.15) is 0 Å². The van der Waals surface area contributed by atoms with Crippen molar-refractivity contribution in [3.8, 4) is 0 Å². The molecular formula is C41H52N2O15. The van der Waals surface area contributed by atoms with Gasteiger partial charge in [0, 0.05) is 30.5 Å². The van der Waals surface area contributed by atoms with Gasteiger partial charge in [-0.05, 0) is 62.6 Å². The highest BCUT2D eigenvalue weighted by Gasteiger charge is 2.44. The molecule has 9 atom stereocenters. The van der Waals surface area contributed by atoms with E-state index in [1.807, 2.05) is 0 Å². The third kappa shape index (κ3) is 12.0. The second-order valence-corrected chi connectivity index (χ2v) is 15.1. The minimum Gasteiger partial charge on any atom is -0.460 e. The molecule has 5 rings (SSSR count). The summed E-state index contributed by atoms with van der Waals surface area (Å²) < 4.78 is 33.5. The van der Waals surface area contributed by atoms with E-state index in [1.165, 1.54) is 0 Å². The van der Waals surface area contributed by atoms with Crippen molar-refractivity contribution in [1.29, 1.82) is 0 Å². The summed E-state index contributed by atoms with van der Waals surface area (Å²) in [6.45, 7) is 4.18. The number of carbonyl (C=O) groups excluding carboxylic acids is 4. The van der Waals surface area contributed by atoms with Crippen LogP contribution in [0.4, 0.5) is 0 Å². The minimum atomic E-state index is -1.58. The van der Waals surface area contributed by atoms with Gasteiger partial charge in [0.1, 0.15) is 55.1 Å². The SMILES string of the molecule is CC(C)(C)OC(=O)CCC(CO)NC(=O)c1cccc(CNC(=O)C2=CC3OCOC3C(OC(=O)c3ccccc3C=CCOC3OC(CO)C(O)C(O)C3O)C2)c1. The van der Waals surface area contributed by atoms with Crippen molar-refractivity contribution in [2.24, 2.45) is 0 Å². The van der Waals surface area contributed by atoms with E-state index in [1.54, 1.807) is 87.5 Å². The van der Waals surface area contributed by atoms with Gasteiger partial charge in [0.05, 0.1) is 31.4 Å². The van der Waals surface area contributed by atoms with Gasteiger partial charge >= 0.3 is 11.9 Å². The summed E-state index contributed by atoms with van der Waals surface area (Å²) in [7, 11) is 0. The summed E-state index contributed by atoms with van der Waals surface area (Å²) >= 11 is 0. The molecule has 2 aliphatic heterocycles. The standard InChI is InChI=1S/C41H52N2O15/c1-41(2,3)58-32(46)14-13-27(20-44)43-38(51)25-10-6-8-23(16-25)19-42-37(50)26-17-29-36(55-22-54-29)30(18-26)56-39(52)28-12-5-4-9-24(28)11-7-15-53-40-35(49)34(48)33(47)31(21-45)57-40/h4-12,16-17,27,29-31,33-36,40,44-45,47-49H,13-15,18-22H2,1-3H3,(H,42,50)(H,43,51). The van der Waals surface area contributed by atoms with Gasteiger partial charge in [0.2, 0.25) is 5.91 Å². The van der Waals surface area contributed by atoms with E-state index in [9.17, 15) is 44.7 Å². The van der Waals surface area contributed by atoms with Crippen molar-refractivity contribution in [3.63, 3.8) is 0 Å². The van der Waals surface area contributed by atoms with Crippen molar-refractivity contribution < 1.29 is 73.1 Å². The van der Waals surface area contributed by atoms with Crippen molar-refractivity contribution in [2.45, 2.75) is 107 Å². The number of aliphatic hydroxyl groups is 5. The molecule has 0 aromatic heterocycles. The summed E-state index contributed by atoms with van der Waals surface area (Å²) in [5.41, 5.74) is 1.26. The lowest BCUT2D eigenvalue weighted by Crippen LogP contribution is -2.59. The molecule has 2 amide bonds. The highest BCUT2D eigenvalue weighted by Crippen LogP contribution is 2.31. The van der Waals surface area contributed by atoms with E-state index in [0.29, 0.717) is 22.3 Å². The van der Waals surface area contributed by atoms with Crippen LogP contribution in [0.5, 0.6) is 0 Å². The first-order chi connectivity index (χ1) is 27.7. The largest absolute Gasteiger partial charge is 0.460 e. The zero-order chi connectivity index (χ0) is 42.0. The number of benzene rings is 2. The van der Waals surface area contributed by atoms with Crippen molar-refractivity contribution in [1.82, 2.24) is 10.6 Å². The summed E-state index contributed by atoms with van der Waals surface area (Å²) in [4.78, 5) is 52.1. The number of ether oxygens (including phenoxy) is 6. The Morgan fingerprint density at radius 3 is 2.48 bits per heavy atom. The number of nitrogens with one attached hydrogen (secondary N) is 2. The normalized spacial score (nSPS) is 26.3. The molecule has 0 saturated carbocycles. The fourth-order valence-electron chi connectivity index (χ4n) is 6.56. The molecule has 0 spiro atoms. The highest BCUT2D eigenvalue weighted by molar-refractivity contribution is 5.96. The molecule has 9 unspecified atom stereocenters. The molecular weight excluding hydrogens is 760 g/mol. The quantitative estimate of drug-likeness (QED) is 0.115. The zero-order valence-corrected chi connectivity index (χ0v) is 32.5. The molecule has 0 radical (unpaired) electrons. The van der Waals surface area contributed by atoms with Crippen molar-refractivity contribution >= 4 is 29.8 Å². The molecule has 58 heavy (non-hydrogen) atoms. The molecule has 1 aliphatic carbocycles. The molecule has 17 nitrogen and oxygen atoms in total. The van der Waals surface area contributed by atoms with E-state index in [4.69, 9.17) is 28.4 Å². The van der Waals surface area contributed by atoms with E-state index in [2.05, 4.69) is 10.6 Å². The Bertz CT molecular complexity index is 1810. The van der Waals surface area contributed by atoms with E-state index < -0.39 is 91.0 Å². The van der Waals surface area contributed by atoms with Gasteiger partial charge in [-0.3, -0.25) is 14.4 Å². The van der Waals surface area contributed by atoms with Crippen molar-refractivity contribution in [2.75, 3.05) is 26.6 Å². The molecule has 0 bridgehead atoms. The Labute approximate surface area is 335 Å². The molecule has 2 aromatic rings. The predicted octanol–water partition coefficient (Wildman–Crippen LogP) is 0.642. The summed E-state index contributed by atoms with van der Waals surface area (Å²) in [5.74, 6) is -2.01. The third-order valence-electron chi connectivity index (χ3n) is 9.55. The Morgan fingerprint density at radius 1 is 0.966 bits per heavy atom. The number of esters is 2. The van der Waals surface area contributed by atoms with Crippen LogP contribution in [0.1, 0.15) is 71.9 Å². The number of rotatable bonds is 16. The lowest BCUT2D eigenvalue weighted by Gasteiger charge is -2.39. The summed E-state index contributed by atoms with van der Waals surface area (Å²) in [6, 6.07) is 12.5. The lowest BCUT2D eigenvalue weighted by molar-refractivity contribution is -0.298. The zero-order valence-electron chi connectivity index (χ0n) is 32.5. The topological polar surface area (TPSA) is 249 Å². The Balaban J connectivity index is 1.15.